The van der Waals surface area contributed by atoms with Crippen LogP contribution >= 0.6 is 0 Å². The van der Waals surface area contributed by atoms with Gasteiger partial charge in [0.15, 0.2) is 0 Å². The molecule has 0 aromatic heterocycles. The highest BCUT2D eigenvalue weighted by Crippen LogP contribution is 2.29. The molecule has 0 aliphatic heterocycles. The fraction of sp³-hybridized carbons (Fsp3) is 0.812. The topological polar surface area (TPSA) is 84.5 Å². The Morgan fingerprint density at radius 2 is 1.64 bits per heavy atom. The normalized spacial score (nSPS) is 17.5. The molecule has 0 bridgehead atoms. The third kappa shape index (κ3) is 5.66. The lowest BCUT2D eigenvalue weighted by atomic mass is 9.81. The van der Waals surface area contributed by atoms with Gasteiger partial charge in [-0.05, 0) is 18.3 Å². The molecule has 2 amide bonds. The minimum absolute atomic E-state index is 0.117. The summed E-state index contributed by atoms with van der Waals surface area (Å²) in [5.74, 6) is -0.922. The molecule has 0 radical (unpaired) electrons. The third-order valence-corrected chi connectivity index (χ3v) is 3.80. The van der Waals surface area contributed by atoms with Crippen LogP contribution in [0.1, 0.15) is 59.3 Å². The van der Waals surface area contributed by atoms with E-state index < -0.39 is 11.5 Å². The van der Waals surface area contributed by atoms with Crippen LogP contribution in [0.15, 0.2) is 0 Å². The number of carbonyl (C=O) groups excluding carboxylic acids is 3. The molecule has 6 heteroatoms. The molecule has 1 aliphatic carbocycles. The van der Waals surface area contributed by atoms with Gasteiger partial charge in [-0.2, -0.15) is 0 Å². The number of methoxy groups -OCH3 is 1. The average Bonchev–Trinajstić information content (AvgIpc) is 2.43. The smallest absolute Gasteiger partial charge is 0.331 e. The van der Waals surface area contributed by atoms with Crippen LogP contribution in [-0.4, -0.2) is 37.0 Å². The Kier molecular flexibility index (Phi) is 6.38. The monoisotopic (exact) mass is 312 g/mol. The molecule has 126 valence electrons. The molecule has 1 fully saturated rings. The van der Waals surface area contributed by atoms with Gasteiger partial charge in [-0.25, -0.2) is 4.79 Å². The lowest BCUT2D eigenvalue weighted by Gasteiger charge is -2.35. The van der Waals surface area contributed by atoms with Crippen LogP contribution in [0.3, 0.4) is 0 Å². The van der Waals surface area contributed by atoms with Gasteiger partial charge in [0, 0.05) is 6.42 Å². The molecule has 6 nitrogen and oxygen atoms in total. The Morgan fingerprint density at radius 1 is 1.05 bits per heavy atom. The summed E-state index contributed by atoms with van der Waals surface area (Å²) >= 11 is 0. The molecule has 0 spiro atoms. The van der Waals surface area contributed by atoms with Gasteiger partial charge in [-0.3, -0.25) is 9.59 Å². The Balaban J connectivity index is 2.54. The average molecular weight is 312 g/mol. The van der Waals surface area contributed by atoms with Crippen LogP contribution in [0.5, 0.6) is 0 Å². The Labute approximate surface area is 132 Å². The lowest BCUT2D eigenvalue weighted by Crippen LogP contribution is -2.57. The molecule has 2 N–H and O–H groups in total. The molecule has 0 unspecified atom stereocenters. The minimum Gasteiger partial charge on any atom is -0.467 e. The van der Waals surface area contributed by atoms with Crippen molar-refractivity contribution in [1.29, 1.82) is 0 Å². The number of ether oxygens (including phenoxy) is 1. The SMILES string of the molecule is COC(=O)C1(NC(=O)CNC(=O)CC(C)(C)C)CCCCC1. The second kappa shape index (κ2) is 7.61. The molecule has 0 aromatic carbocycles. The summed E-state index contributed by atoms with van der Waals surface area (Å²) in [7, 11) is 1.33. The van der Waals surface area contributed by atoms with Crippen LogP contribution in [0.4, 0.5) is 0 Å². The molecule has 1 saturated carbocycles. The number of esters is 1. The predicted octanol–water partition coefficient (Wildman–Crippen LogP) is 1.53. The van der Waals surface area contributed by atoms with Crippen molar-refractivity contribution in [2.45, 2.75) is 64.8 Å². The van der Waals surface area contributed by atoms with E-state index in [1.165, 1.54) is 7.11 Å². The Bertz CT molecular complexity index is 420. The number of carbonyl (C=O) groups is 3. The first-order valence-electron chi connectivity index (χ1n) is 7.85. The van der Waals surface area contributed by atoms with E-state index in [0.717, 1.165) is 19.3 Å². The highest BCUT2D eigenvalue weighted by Gasteiger charge is 2.41. The summed E-state index contributed by atoms with van der Waals surface area (Å²) < 4.78 is 4.84. The summed E-state index contributed by atoms with van der Waals surface area (Å²) in [4.78, 5) is 35.8. The molecular weight excluding hydrogens is 284 g/mol. The molecule has 22 heavy (non-hydrogen) atoms. The zero-order chi connectivity index (χ0) is 16.8. The molecule has 1 aliphatic rings. The second-order valence-electron chi connectivity index (χ2n) is 7.20. The number of rotatable bonds is 5. The van der Waals surface area contributed by atoms with E-state index in [1.807, 2.05) is 20.8 Å². The van der Waals surface area contributed by atoms with Crippen molar-refractivity contribution in [3.8, 4) is 0 Å². The van der Waals surface area contributed by atoms with Gasteiger partial charge in [0.1, 0.15) is 5.54 Å². The highest BCUT2D eigenvalue weighted by atomic mass is 16.5. The standard InChI is InChI=1S/C16H28N2O4/c1-15(2,3)10-12(19)17-11-13(20)18-16(14(21)22-4)8-6-5-7-9-16/h5-11H2,1-4H3,(H,17,19)(H,18,20). The zero-order valence-corrected chi connectivity index (χ0v) is 14.1. The first-order valence-corrected chi connectivity index (χ1v) is 7.85. The van der Waals surface area contributed by atoms with Crippen molar-refractivity contribution >= 4 is 17.8 Å². The molecule has 1 rings (SSSR count). The zero-order valence-electron chi connectivity index (χ0n) is 14.1. The van der Waals surface area contributed by atoms with E-state index >= 15 is 0 Å². The summed E-state index contributed by atoms with van der Waals surface area (Å²) in [6.45, 7) is 5.76. The Hall–Kier alpha value is -1.59. The van der Waals surface area contributed by atoms with Crippen molar-refractivity contribution in [3.05, 3.63) is 0 Å². The van der Waals surface area contributed by atoms with E-state index in [4.69, 9.17) is 4.74 Å². The fourth-order valence-electron chi connectivity index (χ4n) is 2.76. The van der Waals surface area contributed by atoms with Crippen molar-refractivity contribution < 1.29 is 19.1 Å². The van der Waals surface area contributed by atoms with Gasteiger partial charge >= 0.3 is 5.97 Å². The maximum absolute atomic E-state index is 12.1. The van der Waals surface area contributed by atoms with Crippen molar-refractivity contribution in [1.82, 2.24) is 10.6 Å². The molecule has 0 atom stereocenters. The van der Waals surface area contributed by atoms with Crippen LogP contribution in [-0.2, 0) is 19.1 Å². The molecular formula is C16H28N2O4. The van der Waals surface area contributed by atoms with Crippen molar-refractivity contribution in [2.75, 3.05) is 13.7 Å². The van der Waals surface area contributed by atoms with E-state index in [1.54, 1.807) is 0 Å². The van der Waals surface area contributed by atoms with Crippen LogP contribution in [0, 0.1) is 5.41 Å². The molecule has 0 heterocycles. The van der Waals surface area contributed by atoms with Crippen LogP contribution < -0.4 is 10.6 Å². The summed E-state index contributed by atoms with van der Waals surface area (Å²) in [6, 6.07) is 0. The summed E-state index contributed by atoms with van der Waals surface area (Å²) in [6.07, 6.45) is 4.33. The maximum Gasteiger partial charge on any atom is 0.331 e. The van der Waals surface area contributed by atoms with Gasteiger partial charge < -0.3 is 15.4 Å². The van der Waals surface area contributed by atoms with Gasteiger partial charge in [0.2, 0.25) is 11.8 Å². The largest absolute Gasteiger partial charge is 0.467 e. The van der Waals surface area contributed by atoms with Gasteiger partial charge in [0.25, 0.3) is 0 Å². The Morgan fingerprint density at radius 3 is 2.14 bits per heavy atom. The maximum atomic E-state index is 12.1. The minimum atomic E-state index is -0.932. The highest BCUT2D eigenvalue weighted by molar-refractivity contribution is 5.90. The van der Waals surface area contributed by atoms with Crippen LogP contribution in [0.2, 0.25) is 0 Å². The van der Waals surface area contributed by atoms with Crippen molar-refractivity contribution in [2.24, 2.45) is 5.41 Å². The third-order valence-electron chi connectivity index (χ3n) is 3.80. The van der Waals surface area contributed by atoms with Crippen LogP contribution in [0.25, 0.3) is 0 Å². The summed E-state index contributed by atoms with van der Waals surface area (Å²) in [5, 5.41) is 5.37. The van der Waals surface area contributed by atoms with Gasteiger partial charge in [-0.1, -0.05) is 40.0 Å². The quantitative estimate of drug-likeness (QED) is 0.754. The summed E-state index contributed by atoms with van der Waals surface area (Å²) in [5.41, 5.74) is -1.06. The molecule has 0 saturated heterocycles. The van der Waals surface area contributed by atoms with E-state index in [9.17, 15) is 14.4 Å². The second-order valence-corrected chi connectivity index (χ2v) is 7.20. The lowest BCUT2D eigenvalue weighted by molar-refractivity contribution is -0.152. The van der Waals surface area contributed by atoms with Crippen molar-refractivity contribution in [3.63, 3.8) is 0 Å². The predicted molar refractivity (Wildman–Crippen MR) is 83.1 cm³/mol. The van der Waals surface area contributed by atoms with Gasteiger partial charge in [-0.15, -0.1) is 0 Å². The van der Waals surface area contributed by atoms with E-state index in [-0.39, 0.29) is 23.8 Å². The first kappa shape index (κ1) is 18.5. The van der Waals surface area contributed by atoms with E-state index in [0.29, 0.717) is 19.3 Å². The number of nitrogens with one attached hydrogen (secondary N) is 2. The van der Waals surface area contributed by atoms with Gasteiger partial charge in [0.05, 0.1) is 13.7 Å². The number of hydrogen-bond acceptors (Lipinski definition) is 4. The molecule has 0 aromatic rings. The number of amides is 2. The van der Waals surface area contributed by atoms with E-state index in [2.05, 4.69) is 10.6 Å². The fourth-order valence-corrected chi connectivity index (χ4v) is 2.76. The number of hydrogen-bond donors (Lipinski definition) is 2. The first-order chi connectivity index (χ1) is 10.2.